The molecule has 12 nitrogen and oxygen atoms in total. The first-order chi connectivity index (χ1) is 15.8. The number of piperidine rings is 1. The number of carbonyl (C=O) groups excluding carboxylic acids is 1. The number of hydrogen-bond donors (Lipinski definition) is 1. The van der Waals surface area contributed by atoms with Crippen LogP contribution >= 0.6 is 0 Å². The Morgan fingerprint density at radius 2 is 1.64 bits per heavy atom. The van der Waals surface area contributed by atoms with E-state index in [4.69, 9.17) is 0 Å². The number of amides is 1. The Hall–Kier alpha value is -4.19. The molecular formula is C21H20N6O6. The summed E-state index contributed by atoms with van der Waals surface area (Å²) in [6, 6.07) is 9.69. The SMILES string of the molecule is O=C(N=Nc1c(O)n(CN2CCCCC2)c2ccccc12)c1cc([N+](=O)[O-])cc([N+](=O)[O-])c1. The van der Waals surface area contributed by atoms with Gasteiger partial charge >= 0.3 is 0 Å². The van der Waals surface area contributed by atoms with Crippen LogP contribution in [0.2, 0.25) is 0 Å². The lowest BCUT2D eigenvalue weighted by molar-refractivity contribution is -0.394. The van der Waals surface area contributed by atoms with E-state index in [-0.39, 0.29) is 17.1 Å². The third-order valence-electron chi connectivity index (χ3n) is 5.52. The zero-order valence-electron chi connectivity index (χ0n) is 17.5. The van der Waals surface area contributed by atoms with Gasteiger partial charge in [0.05, 0.1) is 33.7 Å². The Labute approximate surface area is 187 Å². The molecule has 0 spiro atoms. The molecule has 33 heavy (non-hydrogen) atoms. The van der Waals surface area contributed by atoms with E-state index in [1.54, 1.807) is 16.7 Å². The van der Waals surface area contributed by atoms with Gasteiger partial charge in [-0.2, -0.15) is 0 Å². The number of non-ortho nitro benzene ring substituents is 2. The lowest BCUT2D eigenvalue weighted by Gasteiger charge is -2.27. The number of carbonyl (C=O) groups is 1. The molecule has 4 rings (SSSR count). The number of azo groups is 1. The van der Waals surface area contributed by atoms with Crippen LogP contribution in [0.1, 0.15) is 29.6 Å². The maximum Gasteiger partial charge on any atom is 0.295 e. The molecular weight excluding hydrogens is 432 g/mol. The highest BCUT2D eigenvalue weighted by Crippen LogP contribution is 2.39. The molecule has 1 aromatic heterocycles. The van der Waals surface area contributed by atoms with E-state index in [9.17, 15) is 30.1 Å². The predicted octanol–water partition coefficient (Wildman–Crippen LogP) is 4.53. The molecule has 2 heterocycles. The molecule has 0 saturated carbocycles. The van der Waals surface area contributed by atoms with Crippen LogP contribution in [0, 0.1) is 20.2 Å². The van der Waals surface area contributed by atoms with E-state index in [0.717, 1.165) is 44.1 Å². The molecule has 3 aromatic rings. The van der Waals surface area contributed by atoms with Gasteiger partial charge in [-0.05, 0) is 32.0 Å². The first kappa shape index (κ1) is 22.0. The van der Waals surface area contributed by atoms with Gasteiger partial charge in [0, 0.05) is 17.5 Å². The van der Waals surface area contributed by atoms with E-state index >= 15 is 0 Å². The lowest BCUT2D eigenvalue weighted by Crippen LogP contribution is -2.31. The summed E-state index contributed by atoms with van der Waals surface area (Å²) in [5, 5.41) is 41.1. The van der Waals surface area contributed by atoms with Crippen LogP contribution in [-0.4, -0.2) is 43.4 Å². The van der Waals surface area contributed by atoms with Crippen molar-refractivity contribution >= 4 is 33.9 Å². The van der Waals surface area contributed by atoms with Crippen molar-refractivity contribution in [3.63, 3.8) is 0 Å². The molecule has 0 aliphatic carbocycles. The maximum atomic E-state index is 12.5. The highest BCUT2D eigenvalue weighted by Gasteiger charge is 2.22. The highest BCUT2D eigenvalue weighted by atomic mass is 16.6. The van der Waals surface area contributed by atoms with Crippen molar-refractivity contribution in [3.8, 4) is 5.88 Å². The third kappa shape index (κ3) is 4.55. The lowest BCUT2D eigenvalue weighted by atomic mass is 10.1. The fourth-order valence-corrected chi connectivity index (χ4v) is 3.90. The fraction of sp³-hybridized carbons (Fsp3) is 0.286. The number of fused-ring (bicyclic) bond motifs is 1. The van der Waals surface area contributed by atoms with Crippen LogP contribution in [0.4, 0.5) is 17.1 Å². The van der Waals surface area contributed by atoms with Gasteiger partial charge in [-0.15, -0.1) is 10.2 Å². The molecule has 1 N–H and O–H groups in total. The Morgan fingerprint density at radius 1 is 1.00 bits per heavy atom. The van der Waals surface area contributed by atoms with Crippen molar-refractivity contribution in [3.05, 3.63) is 68.3 Å². The number of nitro benzene ring substituents is 2. The zero-order chi connectivity index (χ0) is 23.5. The van der Waals surface area contributed by atoms with E-state index < -0.39 is 27.1 Å². The number of benzene rings is 2. The van der Waals surface area contributed by atoms with Gasteiger partial charge < -0.3 is 5.11 Å². The average Bonchev–Trinajstić information content (AvgIpc) is 3.08. The summed E-state index contributed by atoms with van der Waals surface area (Å²) in [7, 11) is 0. The smallest absolute Gasteiger partial charge is 0.295 e. The largest absolute Gasteiger partial charge is 0.493 e. The Bertz CT molecular complexity index is 1250. The van der Waals surface area contributed by atoms with Crippen LogP contribution < -0.4 is 0 Å². The Balaban J connectivity index is 1.68. The van der Waals surface area contributed by atoms with Crippen molar-refractivity contribution in [2.24, 2.45) is 10.2 Å². The molecule has 170 valence electrons. The first-order valence-corrected chi connectivity index (χ1v) is 10.3. The molecule has 2 aromatic carbocycles. The minimum Gasteiger partial charge on any atom is -0.493 e. The number of aromatic hydroxyl groups is 1. The van der Waals surface area contributed by atoms with Gasteiger partial charge in [0.1, 0.15) is 0 Å². The quantitative estimate of drug-likeness (QED) is 0.327. The van der Waals surface area contributed by atoms with Gasteiger partial charge in [0.25, 0.3) is 17.3 Å². The molecule has 1 fully saturated rings. The average molecular weight is 452 g/mol. The number of para-hydroxylation sites is 1. The van der Waals surface area contributed by atoms with Crippen LogP contribution in [0.3, 0.4) is 0 Å². The van der Waals surface area contributed by atoms with Crippen LogP contribution in [0.5, 0.6) is 5.88 Å². The van der Waals surface area contributed by atoms with Gasteiger partial charge in [-0.1, -0.05) is 24.6 Å². The molecule has 1 aliphatic rings. The van der Waals surface area contributed by atoms with Gasteiger partial charge in [-0.25, -0.2) is 0 Å². The van der Waals surface area contributed by atoms with Gasteiger partial charge in [0.15, 0.2) is 5.69 Å². The van der Waals surface area contributed by atoms with E-state index in [1.165, 1.54) is 6.42 Å². The van der Waals surface area contributed by atoms with Crippen molar-refractivity contribution in [2.45, 2.75) is 25.9 Å². The van der Waals surface area contributed by atoms with Gasteiger partial charge in [-0.3, -0.25) is 34.5 Å². The second-order valence-electron chi connectivity index (χ2n) is 7.69. The van der Waals surface area contributed by atoms with Crippen LogP contribution in [0.15, 0.2) is 52.7 Å². The summed E-state index contributed by atoms with van der Waals surface area (Å²) in [5.74, 6) is -1.17. The van der Waals surface area contributed by atoms with Crippen LogP contribution in [0.25, 0.3) is 10.9 Å². The minimum absolute atomic E-state index is 0.0795. The number of likely N-dealkylation sites (tertiary alicyclic amines) is 1. The monoisotopic (exact) mass is 452 g/mol. The summed E-state index contributed by atoms with van der Waals surface area (Å²) in [4.78, 5) is 35.2. The molecule has 0 radical (unpaired) electrons. The zero-order valence-corrected chi connectivity index (χ0v) is 17.5. The summed E-state index contributed by atoms with van der Waals surface area (Å²) >= 11 is 0. The Morgan fingerprint density at radius 3 is 2.27 bits per heavy atom. The summed E-state index contributed by atoms with van der Waals surface area (Å²) < 4.78 is 1.69. The topological polar surface area (TPSA) is 156 Å². The van der Waals surface area contributed by atoms with E-state index in [2.05, 4.69) is 15.1 Å². The number of nitro groups is 2. The summed E-state index contributed by atoms with van der Waals surface area (Å²) in [5.41, 5.74) is -0.771. The third-order valence-corrected chi connectivity index (χ3v) is 5.52. The minimum atomic E-state index is -1.01. The van der Waals surface area contributed by atoms with Crippen LogP contribution in [-0.2, 0) is 6.67 Å². The highest BCUT2D eigenvalue weighted by molar-refractivity contribution is 5.98. The molecule has 1 amide bonds. The predicted molar refractivity (Wildman–Crippen MR) is 118 cm³/mol. The van der Waals surface area contributed by atoms with E-state index in [0.29, 0.717) is 17.6 Å². The van der Waals surface area contributed by atoms with E-state index in [1.807, 2.05) is 12.1 Å². The van der Waals surface area contributed by atoms with Crippen molar-refractivity contribution in [1.82, 2.24) is 9.47 Å². The number of hydrogen-bond acceptors (Lipinski definition) is 8. The van der Waals surface area contributed by atoms with Gasteiger partial charge in [0.2, 0.25) is 5.88 Å². The molecule has 0 atom stereocenters. The molecule has 0 unspecified atom stereocenters. The second kappa shape index (κ2) is 9.12. The van der Waals surface area contributed by atoms with Crippen molar-refractivity contribution < 1.29 is 19.7 Å². The summed E-state index contributed by atoms with van der Waals surface area (Å²) in [6.07, 6.45) is 3.33. The first-order valence-electron chi connectivity index (χ1n) is 10.3. The molecule has 1 aliphatic heterocycles. The number of rotatable bonds is 6. The number of aromatic nitrogens is 1. The fourth-order valence-electron chi connectivity index (χ4n) is 3.90. The van der Waals surface area contributed by atoms with Crippen molar-refractivity contribution in [1.29, 1.82) is 0 Å². The van der Waals surface area contributed by atoms with Crippen molar-refractivity contribution in [2.75, 3.05) is 13.1 Å². The summed E-state index contributed by atoms with van der Waals surface area (Å²) in [6.45, 7) is 2.27. The normalized spacial score (nSPS) is 14.7. The maximum absolute atomic E-state index is 12.5. The molecule has 1 saturated heterocycles. The second-order valence-corrected chi connectivity index (χ2v) is 7.69. The standard InChI is InChI=1S/C21H20N6O6/c28-20(14-10-15(26(30)31)12-16(11-14)27(32)33)23-22-19-17-6-2-3-7-18(17)25(21(19)29)13-24-8-4-1-5-9-24/h2-3,6-7,10-12,29H,1,4-5,8-9,13H2. The molecule has 12 heteroatoms. The number of nitrogens with zero attached hydrogens (tertiary/aromatic N) is 6. The Kier molecular flexibility index (Phi) is 6.09. The molecule has 0 bridgehead atoms.